The van der Waals surface area contributed by atoms with Gasteiger partial charge in [-0.1, -0.05) is 117 Å². The first-order valence-corrected chi connectivity index (χ1v) is 39.5. The third-order valence-corrected chi connectivity index (χ3v) is 28.1. The highest BCUT2D eigenvalue weighted by Gasteiger charge is 2.21. The maximum Gasteiger partial charge on any atom is 0.0481 e. The minimum atomic E-state index is 1.01. The lowest BCUT2D eigenvalue weighted by molar-refractivity contribution is 0.668. The zero-order chi connectivity index (χ0) is 56.0. The first kappa shape index (κ1) is 60.4. The molecule has 0 N–H and O–H groups in total. The molecule has 0 atom stereocenters. The van der Waals surface area contributed by atoms with E-state index in [1.165, 1.54) is 238 Å². The molecule has 10 aromatic rings. The lowest BCUT2D eigenvalue weighted by Gasteiger charge is -2.13. The second-order valence-electron chi connectivity index (χ2n) is 22.4. The van der Waals surface area contributed by atoms with Crippen LogP contribution in [-0.2, 0) is 48.7 Å². The molecule has 0 radical (unpaired) electrons. The van der Waals surface area contributed by atoms with Crippen molar-refractivity contribution in [3.05, 3.63) is 164 Å². The predicted octanol–water partition coefficient (Wildman–Crippen LogP) is 27.2. The Balaban J connectivity index is 0.780. The van der Waals surface area contributed by atoms with Gasteiger partial charge in [-0.2, -0.15) is 23.5 Å². The second-order valence-corrected chi connectivity index (χ2v) is 33.2. The molecule has 0 spiro atoms. The van der Waals surface area contributed by atoms with E-state index in [9.17, 15) is 0 Å². The highest BCUT2D eigenvalue weighted by molar-refractivity contribution is 7.98. The van der Waals surface area contributed by atoms with E-state index < -0.39 is 0 Å². The predicted molar refractivity (Wildman–Crippen MR) is 381 cm³/mol. The molecule has 11 rings (SSSR count). The van der Waals surface area contributed by atoms with Crippen LogP contribution in [0.4, 0.5) is 0 Å². The topological polar surface area (TPSA) is 0 Å². The highest BCUT2D eigenvalue weighted by Crippen LogP contribution is 2.49. The zero-order valence-corrected chi connectivity index (χ0v) is 56.8. The van der Waals surface area contributed by atoms with E-state index in [1.54, 1.807) is 0 Å². The van der Waals surface area contributed by atoms with Crippen molar-refractivity contribution in [1.29, 1.82) is 0 Å². The molecule has 0 saturated carbocycles. The summed E-state index contributed by atoms with van der Waals surface area (Å²) in [7, 11) is 0. The van der Waals surface area contributed by atoms with Crippen LogP contribution in [0.2, 0.25) is 0 Å². The van der Waals surface area contributed by atoms with Crippen LogP contribution in [0.1, 0.15) is 174 Å². The van der Waals surface area contributed by atoms with Crippen LogP contribution in [0, 0.1) is 0 Å². The maximum absolute atomic E-state index is 2.55. The molecule has 0 saturated heterocycles. The molecule has 1 aliphatic heterocycles. The van der Waals surface area contributed by atoms with Gasteiger partial charge in [0.2, 0.25) is 0 Å². The molecular weight excluding hydrogens is 1190 g/mol. The van der Waals surface area contributed by atoms with Gasteiger partial charge in [-0.15, -0.1) is 90.7 Å². The van der Waals surface area contributed by atoms with E-state index in [4.69, 9.17) is 0 Å². The molecule has 9 heterocycles. The van der Waals surface area contributed by atoms with Crippen LogP contribution in [0.25, 0.3) is 79.4 Å². The zero-order valence-electron chi connectivity index (χ0n) is 48.6. The summed E-state index contributed by atoms with van der Waals surface area (Å²) in [6.45, 7) is 9.24. The van der Waals surface area contributed by atoms with E-state index in [2.05, 4.69) is 173 Å². The average molecular weight is 1270 g/mol. The summed E-state index contributed by atoms with van der Waals surface area (Å²) in [6.07, 6.45) is 25.6. The van der Waals surface area contributed by atoms with Crippen molar-refractivity contribution in [2.75, 3.05) is 0 Å². The number of hydrogen-bond acceptors (Lipinski definition) is 10. The van der Waals surface area contributed by atoms with E-state index in [0.29, 0.717) is 0 Å². The van der Waals surface area contributed by atoms with E-state index >= 15 is 0 Å². The van der Waals surface area contributed by atoms with Gasteiger partial charge in [0.15, 0.2) is 0 Å². The van der Waals surface area contributed by atoms with Crippen LogP contribution in [0.5, 0.6) is 0 Å². The van der Waals surface area contributed by atoms with Gasteiger partial charge in [0.25, 0.3) is 0 Å². The minimum Gasteiger partial charge on any atom is -0.152 e. The molecule has 10 heteroatoms. The van der Waals surface area contributed by atoms with Gasteiger partial charge in [-0.25, -0.2) is 0 Å². The maximum atomic E-state index is 2.55. The van der Waals surface area contributed by atoms with Crippen molar-refractivity contribution in [3.8, 4) is 79.4 Å². The van der Waals surface area contributed by atoms with Crippen LogP contribution < -0.4 is 0 Å². The standard InChI is InChI=1S/C72H80S10/c1-5-9-13-17-21-53-43-69(65-33-31-63(79-65)61-27-25-57(75-61)23-19-15-11-7-3)81-71(53)67-35-29-59(77-67)55-39-49-37-50(40-55)46-74-48-52-38-51(47-73-45-49)41-56(42-52)60-30-36-68(78-60)72-54(22-18-14-10-6-2)44-70(82-72)66-34-32-64(80-66)62-28-26-58(76-62)24-20-16-12-8-4/h25-44H,5-24,45-48H2,1-4H3. The molecule has 0 amide bonds. The number of aryl methyl sites for hydroxylation is 4. The summed E-state index contributed by atoms with van der Waals surface area (Å²) in [5.41, 5.74) is 11.6. The molecule has 1 aliphatic rings. The van der Waals surface area contributed by atoms with Crippen molar-refractivity contribution in [1.82, 2.24) is 0 Å². The van der Waals surface area contributed by atoms with Crippen molar-refractivity contribution in [2.45, 2.75) is 179 Å². The van der Waals surface area contributed by atoms with Crippen molar-refractivity contribution >= 4 is 114 Å². The first-order valence-electron chi connectivity index (χ1n) is 30.7. The lowest BCUT2D eigenvalue weighted by atomic mass is 10.1. The molecule has 4 bridgehead atoms. The monoisotopic (exact) mass is 1260 g/mol. The molecule has 8 aromatic heterocycles. The minimum absolute atomic E-state index is 1.01. The quantitative estimate of drug-likeness (QED) is 0.0448. The number of rotatable bonds is 28. The molecular formula is C72H80S10. The largest absolute Gasteiger partial charge is 0.152 e. The molecule has 2 aromatic carbocycles. The van der Waals surface area contributed by atoms with Gasteiger partial charge in [-0.05, 0) is 205 Å². The number of fused-ring (bicyclic) bond motifs is 4. The summed E-state index contributed by atoms with van der Waals surface area (Å²) < 4.78 is 0. The molecule has 0 unspecified atom stereocenters. The molecule has 0 nitrogen and oxygen atoms in total. The Morgan fingerprint density at radius 3 is 0.939 bits per heavy atom. The fourth-order valence-corrected chi connectivity index (χ4v) is 22.2. The second kappa shape index (κ2) is 30.4. The first-order chi connectivity index (χ1) is 40.4. The van der Waals surface area contributed by atoms with Crippen LogP contribution in [0.15, 0.2) is 121 Å². The van der Waals surface area contributed by atoms with Crippen molar-refractivity contribution < 1.29 is 0 Å². The third kappa shape index (κ3) is 15.8. The van der Waals surface area contributed by atoms with Gasteiger partial charge in [0.1, 0.15) is 0 Å². The SMILES string of the molecule is CCCCCCc1ccc(-c2ccc(-c3cc(CCCCCC)c(-c4ccc(-c5cc6cc(c5)CSCc5cc(cc(-c7ccc(-c8sc(-c9ccc(-c%10ccc(CCCCCC)s%10)s9)cc8CCCCCC)s7)c5)CSC6)s4)s3)s2)s1. The van der Waals surface area contributed by atoms with Crippen molar-refractivity contribution in [3.63, 3.8) is 0 Å². The van der Waals surface area contributed by atoms with Gasteiger partial charge < -0.3 is 0 Å². The Bertz CT molecular complexity index is 3310. The van der Waals surface area contributed by atoms with E-state index in [-0.39, 0.29) is 0 Å². The lowest BCUT2D eigenvalue weighted by Crippen LogP contribution is -1.94. The molecule has 428 valence electrons. The van der Waals surface area contributed by atoms with E-state index in [0.717, 1.165) is 35.9 Å². The van der Waals surface area contributed by atoms with Crippen LogP contribution in [-0.4, -0.2) is 0 Å². The Labute approximate surface area is 532 Å². The fraction of sp³-hybridized carbons (Fsp3) is 0.389. The number of thioether (sulfide) groups is 2. The summed E-state index contributed by atoms with van der Waals surface area (Å²) in [5, 5.41) is 0. The van der Waals surface area contributed by atoms with E-state index in [1.807, 2.05) is 90.7 Å². The Morgan fingerprint density at radius 1 is 0.256 bits per heavy atom. The molecule has 0 fully saturated rings. The Kier molecular flexibility index (Phi) is 22.4. The van der Waals surface area contributed by atoms with Gasteiger partial charge in [0, 0.05) is 101 Å². The average Bonchev–Trinajstić information content (AvgIpc) is 4.52. The number of hydrogen-bond donors (Lipinski definition) is 0. The number of benzene rings is 2. The summed E-state index contributed by atoms with van der Waals surface area (Å²) in [4.78, 5) is 23.0. The Morgan fingerprint density at radius 2 is 0.561 bits per heavy atom. The highest BCUT2D eigenvalue weighted by atomic mass is 32.2. The summed E-state index contributed by atoms with van der Waals surface area (Å²) in [6, 6.07) is 48.7. The van der Waals surface area contributed by atoms with Crippen LogP contribution >= 0.6 is 114 Å². The normalized spacial score (nSPS) is 12.8. The van der Waals surface area contributed by atoms with Gasteiger partial charge in [0.05, 0.1) is 0 Å². The Hall–Kier alpha value is -3.26. The van der Waals surface area contributed by atoms with Crippen molar-refractivity contribution in [2.24, 2.45) is 0 Å². The fourth-order valence-electron chi connectivity index (χ4n) is 11.3. The third-order valence-electron chi connectivity index (χ3n) is 15.7. The number of thiophene rings is 8. The molecule has 0 aliphatic carbocycles. The summed E-state index contributed by atoms with van der Waals surface area (Å²) in [5.74, 6) is 4.05. The molecule has 82 heavy (non-hydrogen) atoms. The van der Waals surface area contributed by atoms with Gasteiger partial charge >= 0.3 is 0 Å². The van der Waals surface area contributed by atoms with Crippen LogP contribution in [0.3, 0.4) is 0 Å². The summed E-state index contributed by atoms with van der Waals surface area (Å²) >= 11 is 20.1. The van der Waals surface area contributed by atoms with Gasteiger partial charge in [-0.3, -0.25) is 0 Å². The smallest absolute Gasteiger partial charge is 0.0481 e. The number of unbranched alkanes of at least 4 members (excludes halogenated alkanes) is 12.